The van der Waals surface area contributed by atoms with Crippen LogP contribution in [0.3, 0.4) is 0 Å². The van der Waals surface area contributed by atoms with Gasteiger partial charge in [-0.3, -0.25) is 9.20 Å². The van der Waals surface area contributed by atoms with Crippen LogP contribution in [0, 0.1) is 6.92 Å². The van der Waals surface area contributed by atoms with Crippen LogP contribution >= 0.6 is 0 Å². The fraction of sp³-hybridized carbons (Fsp3) is 0.381. The number of guanidine groups is 1. The molecule has 0 aliphatic heterocycles. The zero-order valence-corrected chi connectivity index (χ0v) is 17.1. The lowest BCUT2D eigenvalue weighted by Crippen LogP contribution is -2.43. The summed E-state index contributed by atoms with van der Waals surface area (Å²) in [7, 11) is 0.824. The standard InChI is InChI=1S/C21H29N3O2S/c1-17-9-7-8-12-20(17)26-18(2)15-24-21(22-3)23-13-14-27(25)16-19-10-5-4-6-11-19/h4-12,18H,13-16H2,1-3H3,(H2,22,23,24). The van der Waals surface area contributed by atoms with Gasteiger partial charge in [-0.15, -0.1) is 0 Å². The minimum absolute atomic E-state index is 0.00291. The highest BCUT2D eigenvalue weighted by Crippen LogP contribution is 2.17. The summed E-state index contributed by atoms with van der Waals surface area (Å²) in [6.07, 6.45) is -0.00291. The van der Waals surface area contributed by atoms with Crippen molar-refractivity contribution < 1.29 is 8.95 Å². The van der Waals surface area contributed by atoms with Crippen molar-refractivity contribution in [1.29, 1.82) is 0 Å². The zero-order valence-electron chi connectivity index (χ0n) is 16.3. The van der Waals surface area contributed by atoms with E-state index in [4.69, 9.17) is 4.74 Å². The molecule has 0 spiro atoms. The molecule has 27 heavy (non-hydrogen) atoms. The molecule has 0 heterocycles. The Hall–Kier alpha value is -2.34. The van der Waals surface area contributed by atoms with Crippen LogP contribution in [-0.2, 0) is 16.6 Å². The number of aryl methyl sites for hydroxylation is 1. The van der Waals surface area contributed by atoms with Gasteiger partial charge in [-0.1, -0.05) is 48.5 Å². The number of rotatable bonds is 9. The Balaban J connectivity index is 1.68. The number of para-hydroxylation sites is 1. The van der Waals surface area contributed by atoms with Crippen molar-refractivity contribution in [2.24, 2.45) is 4.99 Å². The van der Waals surface area contributed by atoms with E-state index in [9.17, 15) is 4.21 Å². The zero-order chi connectivity index (χ0) is 19.5. The van der Waals surface area contributed by atoms with E-state index >= 15 is 0 Å². The van der Waals surface area contributed by atoms with Crippen molar-refractivity contribution in [3.8, 4) is 5.75 Å². The van der Waals surface area contributed by atoms with Gasteiger partial charge in [0.25, 0.3) is 0 Å². The van der Waals surface area contributed by atoms with E-state index in [0.717, 1.165) is 16.9 Å². The van der Waals surface area contributed by atoms with E-state index in [1.54, 1.807) is 7.05 Å². The summed E-state index contributed by atoms with van der Waals surface area (Å²) >= 11 is 0. The van der Waals surface area contributed by atoms with Gasteiger partial charge in [0.2, 0.25) is 0 Å². The topological polar surface area (TPSA) is 62.7 Å². The molecule has 2 unspecified atom stereocenters. The summed E-state index contributed by atoms with van der Waals surface area (Å²) in [5.41, 5.74) is 2.22. The maximum Gasteiger partial charge on any atom is 0.191 e. The van der Waals surface area contributed by atoms with Crippen LogP contribution in [0.15, 0.2) is 59.6 Å². The summed E-state index contributed by atoms with van der Waals surface area (Å²) in [5.74, 6) is 2.73. The van der Waals surface area contributed by atoms with Gasteiger partial charge in [-0.2, -0.15) is 0 Å². The molecule has 0 fully saturated rings. The third-order valence-corrected chi connectivity index (χ3v) is 5.31. The van der Waals surface area contributed by atoms with Crippen LogP contribution in [0.4, 0.5) is 0 Å². The van der Waals surface area contributed by atoms with Crippen LogP contribution in [0.1, 0.15) is 18.1 Å². The lowest BCUT2D eigenvalue weighted by Gasteiger charge is -2.18. The first-order valence-corrected chi connectivity index (χ1v) is 10.6. The summed E-state index contributed by atoms with van der Waals surface area (Å²) in [5, 5.41) is 6.45. The van der Waals surface area contributed by atoms with Crippen molar-refractivity contribution in [2.75, 3.05) is 25.9 Å². The van der Waals surface area contributed by atoms with Crippen LogP contribution in [-0.4, -0.2) is 42.2 Å². The van der Waals surface area contributed by atoms with Crippen LogP contribution in [0.25, 0.3) is 0 Å². The van der Waals surface area contributed by atoms with E-state index in [0.29, 0.717) is 30.6 Å². The second-order valence-corrected chi connectivity index (χ2v) is 7.92. The Bertz CT molecular complexity index is 750. The number of hydrogen-bond donors (Lipinski definition) is 2. The van der Waals surface area contributed by atoms with Crippen molar-refractivity contribution in [2.45, 2.75) is 25.7 Å². The van der Waals surface area contributed by atoms with Crippen LogP contribution < -0.4 is 15.4 Å². The molecule has 0 amide bonds. The molecule has 2 N–H and O–H groups in total. The monoisotopic (exact) mass is 387 g/mol. The maximum atomic E-state index is 12.2. The lowest BCUT2D eigenvalue weighted by atomic mass is 10.2. The van der Waals surface area contributed by atoms with E-state index in [1.807, 2.05) is 68.4 Å². The lowest BCUT2D eigenvalue weighted by molar-refractivity contribution is 0.222. The maximum absolute atomic E-state index is 12.2. The number of hydrogen-bond acceptors (Lipinski definition) is 3. The Kier molecular flexibility index (Phi) is 8.84. The highest BCUT2D eigenvalue weighted by Gasteiger charge is 2.08. The van der Waals surface area contributed by atoms with Gasteiger partial charge < -0.3 is 15.4 Å². The van der Waals surface area contributed by atoms with E-state index in [-0.39, 0.29) is 6.10 Å². The molecular formula is C21H29N3O2S. The SMILES string of the molecule is CN=C(NCCS(=O)Cc1ccccc1)NCC(C)Oc1ccccc1C. The predicted octanol–water partition coefficient (Wildman–Crippen LogP) is 2.88. The molecule has 0 radical (unpaired) electrons. The number of aliphatic imine (C=N–C) groups is 1. The third kappa shape index (κ3) is 7.83. The third-order valence-electron chi connectivity index (χ3n) is 3.99. The predicted molar refractivity (Wildman–Crippen MR) is 114 cm³/mol. The molecule has 5 nitrogen and oxygen atoms in total. The second-order valence-electron chi connectivity index (χ2n) is 6.35. The highest BCUT2D eigenvalue weighted by atomic mass is 32.2. The minimum Gasteiger partial charge on any atom is -0.489 e. The van der Waals surface area contributed by atoms with E-state index < -0.39 is 10.8 Å². The average molecular weight is 388 g/mol. The highest BCUT2D eigenvalue weighted by molar-refractivity contribution is 7.84. The number of nitrogens with zero attached hydrogens (tertiary/aromatic N) is 1. The fourth-order valence-electron chi connectivity index (χ4n) is 2.52. The normalized spacial score (nSPS) is 13.7. The molecular weight excluding hydrogens is 358 g/mol. The van der Waals surface area contributed by atoms with Gasteiger partial charge >= 0.3 is 0 Å². The molecule has 0 bridgehead atoms. The Morgan fingerprint density at radius 1 is 1.11 bits per heavy atom. The molecule has 0 aliphatic carbocycles. The van der Waals surface area contributed by atoms with Gasteiger partial charge in [0.1, 0.15) is 11.9 Å². The molecule has 0 saturated heterocycles. The first kappa shape index (κ1) is 21.0. The van der Waals surface area contributed by atoms with Gasteiger partial charge in [0.15, 0.2) is 5.96 Å². The smallest absolute Gasteiger partial charge is 0.191 e. The second kappa shape index (κ2) is 11.4. The van der Waals surface area contributed by atoms with Crippen molar-refractivity contribution in [3.63, 3.8) is 0 Å². The fourth-order valence-corrected chi connectivity index (χ4v) is 3.56. The number of nitrogens with one attached hydrogen (secondary N) is 2. The Morgan fingerprint density at radius 2 is 1.81 bits per heavy atom. The summed E-state index contributed by atoms with van der Waals surface area (Å²) in [4.78, 5) is 4.21. The summed E-state index contributed by atoms with van der Waals surface area (Å²) < 4.78 is 18.1. The summed E-state index contributed by atoms with van der Waals surface area (Å²) in [6, 6.07) is 17.9. The largest absolute Gasteiger partial charge is 0.489 e. The van der Waals surface area contributed by atoms with Crippen LogP contribution in [0.2, 0.25) is 0 Å². The first-order valence-electron chi connectivity index (χ1n) is 9.14. The minimum atomic E-state index is -0.901. The van der Waals surface area contributed by atoms with Crippen LogP contribution in [0.5, 0.6) is 5.75 Å². The molecule has 0 saturated carbocycles. The van der Waals surface area contributed by atoms with E-state index in [2.05, 4.69) is 15.6 Å². The first-order chi connectivity index (χ1) is 13.1. The van der Waals surface area contributed by atoms with Crippen molar-refractivity contribution in [3.05, 3.63) is 65.7 Å². The van der Waals surface area contributed by atoms with Gasteiger partial charge in [0.05, 0.1) is 6.54 Å². The van der Waals surface area contributed by atoms with Gasteiger partial charge in [0, 0.05) is 35.9 Å². The molecule has 2 rings (SSSR count). The Labute approximate surface area is 164 Å². The molecule has 6 heteroatoms. The molecule has 0 aliphatic rings. The van der Waals surface area contributed by atoms with Gasteiger partial charge in [-0.05, 0) is 31.0 Å². The van der Waals surface area contributed by atoms with Gasteiger partial charge in [-0.25, -0.2) is 0 Å². The summed E-state index contributed by atoms with van der Waals surface area (Å²) in [6.45, 7) is 5.28. The van der Waals surface area contributed by atoms with Crippen molar-refractivity contribution in [1.82, 2.24) is 10.6 Å². The number of benzene rings is 2. The Morgan fingerprint density at radius 3 is 2.52 bits per heavy atom. The van der Waals surface area contributed by atoms with E-state index in [1.165, 1.54) is 0 Å². The number of ether oxygens (including phenoxy) is 1. The molecule has 2 aromatic rings. The molecule has 2 atom stereocenters. The van der Waals surface area contributed by atoms with Crippen molar-refractivity contribution >= 4 is 16.8 Å². The molecule has 146 valence electrons. The molecule has 0 aromatic heterocycles. The quantitative estimate of drug-likeness (QED) is 0.513. The molecule has 2 aromatic carbocycles. The average Bonchev–Trinajstić information content (AvgIpc) is 2.67.